The zero-order valence-corrected chi connectivity index (χ0v) is 15.9. The highest BCUT2D eigenvalue weighted by Crippen LogP contribution is 2.46. The molecule has 1 rings (SSSR count). The van der Waals surface area contributed by atoms with Crippen LogP contribution in [-0.2, 0) is 9.59 Å². The number of aliphatic imine (C=N–C) groups is 1. The lowest BCUT2D eigenvalue weighted by molar-refractivity contribution is -0.141. The monoisotopic (exact) mass is 364 g/mol. The van der Waals surface area contributed by atoms with Crippen molar-refractivity contribution < 1.29 is 19.5 Å². The lowest BCUT2D eigenvalue weighted by atomic mass is 9.62. The third-order valence-electron chi connectivity index (χ3n) is 4.85. The smallest absolute Gasteiger partial charge is 0.326 e. The number of isocyanates is 1. The lowest BCUT2D eigenvalue weighted by Crippen LogP contribution is -2.54. The molecular formula is C18H28N4O4. The first-order chi connectivity index (χ1) is 12.0. The summed E-state index contributed by atoms with van der Waals surface area (Å²) in [7, 11) is 0. The SMILES string of the molecule is CC(C(=O)O)N(CCC#N)C(=O)NC1CC(C)(C)CC(C)(CN=C=O)C1. The Morgan fingerprint density at radius 1 is 1.38 bits per heavy atom. The Morgan fingerprint density at radius 3 is 2.58 bits per heavy atom. The number of nitriles is 1. The van der Waals surface area contributed by atoms with Crippen molar-refractivity contribution in [2.75, 3.05) is 13.1 Å². The highest BCUT2D eigenvalue weighted by Gasteiger charge is 2.42. The number of amides is 2. The van der Waals surface area contributed by atoms with Gasteiger partial charge in [0.05, 0.1) is 19.0 Å². The van der Waals surface area contributed by atoms with Crippen LogP contribution in [0.15, 0.2) is 4.99 Å². The molecule has 0 heterocycles. The molecule has 0 saturated heterocycles. The van der Waals surface area contributed by atoms with Crippen LogP contribution < -0.4 is 5.32 Å². The molecule has 8 heteroatoms. The Bertz CT molecular complexity index is 621. The molecule has 3 unspecified atom stereocenters. The normalized spacial score (nSPS) is 25.3. The van der Waals surface area contributed by atoms with E-state index in [4.69, 9.17) is 5.26 Å². The van der Waals surface area contributed by atoms with Gasteiger partial charge in [0, 0.05) is 12.6 Å². The van der Waals surface area contributed by atoms with Gasteiger partial charge in [0.1, 0.15) is 6.04 Å². The van der Waals surface area contributed by atoms with E-state index < -0.39 is 18.0 Å². The molecule has 3 atom stereocenters. The second-order valence-corrected chi connectivity index (χ2v) is 8.23. The minimum Gasteiger partial charge on any atom is -0.480 e. The van der Waals surface area contributed by atoms with Crippen LogP contribution in [0.4, 0.5) is 4.79 Å². The van der Waals surface area contributed by atoms with E-state index in [0.29, 0.717) is 13.0 Å². The van der Waals surface area contributed by atoms with Gasteiger partial charge in [-0.05, 0) is 37.0 Å². The Hall–Kier alpha value is -2.39. The molecule has 0 bridgehead atoms. The van der Waals surface area contributed by atoms with Crippen molar-refractivity contribution in [1.82, 2.24) is 10.2 Å². The van der Waals surface area contributed by atoms with Crippen LogP contribution in [0, 0.1) is 22.2 Å². The number of aliphatic carboxylic acids is 1. The third kappa shape index (κ3) is 6.16. The minimum absolute atomic E-state index is 0.0542. The summed E-state index contributed by atoms with van der Waals surface area (Å²) in [5, 5.41) is 20.9. The van der Waals surface area contributed by atoms with E-state index in [9.17, 15) is 19.5 Å². The number of urea groups is 1. The van der Waals surface area contributed by atoms with Gasteiger partial charge in [-0.3, -0.25) is 0 Å². The highest BCUT2D eigenvalue weighted by molar-refractivity contribution is 5.82. The molecule has 1 fully saturated rings. The predicted molar refractivity (Wildman–Crippen MR) is 95.1 cm³/mol. The average molecular weight is 364 g/mol. The molecule has 0 aromatic heterocycles. The van der Waals surface area contributed by atoms with Crippen LogP contribution in [-0.4, -0.2) is 53.3 Å². The van der Waals surface area contributed by atoms with E-state index in [1.54, 1.807) is 6.08 Å². The summed E-state index contributed by atoms with van der Waals surface area (Å²) in [6.45, 7) is 8.05. The molecule has 0 aromatic rings. The fourth-order valence-electron chi connectivity index (χ4n) is 4.11. The zero-order valence-electron chi connectivity index (χ0n) is 15.9. The van der Waals surface area contributed by atoms with Crippen molar-refractivity contribution in [3.05, 3.63) is 0 Å². The highest BCUT2D eigenvalue weighted by atomic mass is 16.4. The largest absolute Gasteiger partial charge is 0.480 e. The lowest BCUT2D eigenvalue weighted by Gasteiger charge is -2.46. The molecule has 1 aliphatic carbocycles. The van der Waals surface area contributed by atoms with Crippen molar-refractivity contribution >= 4 is 18.1 Å². The van der Waals surface area contributed by atoms with Gasteiger partial charge in [0.25, 0.3) is 0 Å². The Kier molecular flexibility index (Phi) is 7.34. The number of nitrogens with one attached hydrogen (secondary N) is 1. The second-order valence-electron chi connectivity index (χ2n) is 8.23. The van der Waals surface area contributed by atoms with Crippen LogP contribution in [0.2, 0.25) is 0 Å². The first-order valence-corrected chi connectivity index (χ1v) is 8.74. The van der Waals surface area contributed by atoms with E-state index in [1.807, 2.05) is 13.0 Å². The van der Waals surface area contributed by atoms with Gasteiger partial charge in [-0.2, -0.15) is 5.26 Å². The molecule has 2 N–H and O–H groups in total. The van der Waals surface area contributed by atoms with E-state index >= 15 is 0 Å². The molecule has 0 radical (unpaired) electrons. The zero-order chi connectivity index (χ0) is 20.0. The maximum absolute atomic E-state index is 12.7. The molecule has 8 nitrogen and oxygen atoms in total. The van der Waals surface area contributed by atoms with Crippen molar-refractivity contribution in [2.45, 2.75) is 65.5 Å². The number of hydrogen-bond donors (Lipinski definition) is 2. The number of nitrogens with zero attached hydrogens (tertiary/aromatic N) is 3. The number of carboxylic acids is 1. The van der Waals surface area contributed by atoms with Gasteiger partial charge in [0.2, 0.25) is 6.08 Å². The molecule has 144 valence electrons. The number of rotatable bonds is 7. The van der Waals surface area contributed by atoms with Gasteiger partial charge >= 0.3 is 12.0 Å². The number of carbonyl (C=O) groups excluding carboxylic acids is 2. The number of hydrogen-bond acceptors (Lipinski definition) is 5. The van der Waals surface area contributed by atoms with Gasteiger partial charge in [-0.25, -0.2) is 19.4 Å². The molecule has 0 aromatic carbocycles. The predicted octanol–water partition coefficient (Wildman–Crippen LogP) is 2.31. The Labute approximate surface area is 154 Å². The van der Waals surface area contributed by atoms with Gasteiger partial charge in [-0.1, -0.05) is 20.8 Å². The number of carboxylic acid groups (broad SMARTS) is 1. The van der Waals surface area contributed by atoms with Crippen LogP contribution in [0.5, 0.6) is 0 Å². The van der Waals surface area contributed by atoms with Gasteiger partial charge in [0.15, 0.2) is 0 Å². The second kappa shape index (κ2) is 8.81. The molecular weight excluding hydrogens is 336 g/mol. The van der Waals surface area contributed by atoms with Crippen molar-refractivity contribution in [3.63, 3.8) is 0 Å². The summed E-state index contributed by atoms with van der Waals surface area (Å²) in [5.41, 5.74) is -0.299. The summed E-state index contributed by atoms with van der Waals surface area (Å²) in [6, 6.07) is 0.264. The molecule has 0 aliphatic heterocycles. The average Bonchev–Trinajstić information content (AvgIpc) is 2.51. The van der Waals surface area contributed by atoms with Crippen LogP contribution >= 0.6 is 0 Å². The van der Waals surface area contributed by atoms with Crippen molar-refractivity contribution in [3.8, 4) is 6.07 Å². The summed E-state index contributed by atoms with van der Waals surface area (Å²) >= 11 is 0. The third-order valence-corrected chi connectivity index (χ3v) is 4.85. The standard InChI is InChI=1S/C18H28N4O4/c1-13(15(24)25)22(7-5-6-19)16(26)21-14-8-17(2,3)10-18(4,9-14)11-20-12-23/h13-14H,5,7-11H2,1-4H3,(H,21,26)(H,24,25). The molecule has 1 aliphatic rings. The van der Waals surface area contributed by atoms with Gasteiger partial charge < -0.3 is 15.3 Å². The number of carbonyl (C=O) groups is 2. The fourth-order valence-corrected chi connectivity index (χ4v) is 4.11. The van der Waals surface area contributed by atoms with Crippen LogP contribution in [0.3, 0.4) is 0 Å². The molecule has 0 spiro atoms. The summed E-state index contributed by atoms with van der Waals surface area (Å²) in [6.07, 6.45) is 3.88. The fraction of sp³-hybridized carbons (Fsp3) is 0.778. The first kappa shape index (κ1) is 21.7. The van der Waals surface area contributed by atoms with E-state index in [-0.39, 0.29) is 29.8 Å². The maximum atomic E-state index is 12.7. The van der Waals surface area contributed by atoms with Crippen LogP contribution in [0.25, 0.3) is 0 Å². The van der Waals surface area contributed by atoms with Gasteiger partial charge in [-0.15, -0.1) is 0 Å². The summed E-state index contributed by atoms with van der Waals surface area (Å²) < 4.78 is 0. The molecule has 2 amide bonds. The van der Waals surface area contributed by atoms with E-state index in [1.165, 1.54) is 11.8 Å². The van der Waals surface area contributed by atoms with E-state index in [0.717, 1.165) is 12.8 Å². The summed E-state index contributed by atoms with van der Waals surface area (Å²) in [5.74, 6) is -1.12. The maximum Gasteiger partial charge on any atom is 0.326 e. The molecule has 26 heavy (non-hydrogen) atoms. The Balaban J connectivity index is 2.91. The van der Waals surface area contributed by atoms with Crippen molar-refractivity contribution in [2.24, 2.45) is 15.8 Å². The first-order valence-electron chi connectivity index (χ1n) is 8.74. The topological polar surface area (TPSA) is 123 Å². The minimum atomic E-state index is -1.12. The van der Waals surface area contributed by atoms with Crippen molar-refractivity contribution in [1.29, 1.82) is 5.26 Å². The quantitative estimate of drug-likeness (QED) is 0.530. The summed E-state index contributed by atoms with van der Waals surface area (Å²) in [4.78, 5) is 39.3. The molecule has 1 saturated carbocycles. The van der Waals surface area contributed by atoms with E-state index in [2.05, 4.69) is 24.2 Å². The Morgan fingerprint density at radius 2 is 2.04 bits per heavy atom. The van der Waals surface area contributed by atoms with Crippen LogP contribution in [0.1, 0.15) is 53.4 Å².